The van der Waals surface area contributed by atoms with Gasteiger partial charge in [0, 0.05) is 37.9 Å². The third-order valence-electron chi connectivity index (χ3n) is 3.98. The average molecular weight is 289 g/mol. The molecule has 0 aliphatic carbocycles. The lowest BCUT2D eigenvalue weighted by Gasteiger charge is -2.35. The first kappa shape index (κ1) is 15.8. The average Bonchev–Trinajstić information content (AvgIpc) is 2.45. The number of nitrogens with two attached hydrogens (primary N) is 1. The number of rotatable bonds is 4. The molecular weight excluding hydrogens is 262 g/mol. The van der Waals surface area contributed by atoms with E-state index in [0.717, 1.165) is 38.4 Å². The highest BCUT2D eigenvalue weighted by atomic mass is 15.3. The number of piperazine rings is 1. The quantitative estimate of drug-likeness (QED) is 0.649. The van der Waals surface area contributed by atoms with E-state index in [-0.39, 0.29) is 0 Å². The zero-order valence-corrected chi connectivity index (χ0v) is 13.3. The Morgan fingerprint density at radius 3 is 2.71 bits per heavy atom. The molecule has 0 bridgehead atoms. The number of hydrogen-bond acceptors (Lipinski definition) is 3. The van der Waals surface area contributed by atoms with Crippen molar-refractivity contribution < 1.29 is 0 Å². The molecule has 1 atom stereocenters. The van der Waals surface area contributed by atoms with Crippen LogP contribution in [0.4, 0.5) is 5.69 Å². The summed E-state index contributed by atoms with van der Waals surface area (Å²) < 4.78 is 0. The molecule has 1 aliphatic rings. The third kappa shape index (κ3) is 5.02. The Morgan fingerprint density at radius 2 is 2.05 bits per heavy atom. The van der Waals surface area contributed by atoms with Crippen LogP contribution in [0.3, 0.4) is 0 Å². The minimum Gasteiger partial charge on any atom is -0.370 e. The molecule has 0 aromatic heterocycles. The van der Waals surface area contributed by atoms with Crippen LogP contribution in [-0.2, 0) is 0 Å². The summed E-state index contributed by atoms with van der Waals surface area (Å²) in [6, 6.07) is 8.56. The van der Waals surface area contributed by atoms with Crippen LogP contribution in [-0.4, -0.2) is 61.6 Å². The monoisotopic (exact) mass is 289 g/mol. The van der Waals surface area contributed by atoms with Gasteiger partial charge in [-0.25, -0.2) is 0 Å². The third-order valence-corrected chi connectivity index (χ3v) is 3.98. The van der Waals surface area contributed by atoms with Gasteiger partial charge in [0.05, 0.1) is 6.54 Å². The first-order chi connectivity index (χ1) is 10.0. The molecule has 1 aliphatic heterocycles. The summed E-state index contributed by atoms with van der Waals surface area (Å²) >= 11 is 0. The molecule has 1 fully saturated rings. The summed E-state index contributed by atoms with van der Waals surface area (Å²) in [6.45, 7) is 9.49. The lowest BCUT2D eigenvalue weighted by molar-refractivity contribution is 0.122. The summed E-state index contributed by atoms with van der Waals surface area (Å²) in [6.07, 6.45) is 0. The molecule has 5 nitrogen and oxygen atoms in total. The highest BCUT2D eigenvalue weighted by molar-refractivity contribution is 5.92. The fourth-order valence-corrected chi connectivity index (χ4v) is 2.52. The summed E-state index contributed by atoms with van der Waals surface area (Å²) in [7, 11) is 2.17. The Morgan fingerprint density at radius 1 is 1.33 bits per heavy atom. The van der Waals surface area contributed by atoms with E-state index in [1.807, 2.05) is 12.1 Å². The van der Waals surface area contributed by atoms with Crippen LogP contribution in [0.5, 0.6) is 0 Å². The smallest absolute Gasteiger partial charge is 0.193 e. The van der Waals surface area contributed by atoms with E-state index in [0.29, 0.717) is 12.0 Å². The molecule has 0 saturated carbocycles. The number of hydrogen-bond donors (Lipinski definition) is 2. The second-order valence-electron chi connectivity index (χ2n) is 5.91. The maximum atomic E-state index is 5.97. The van der Waals surface area contributed by atoms with Crippen molar-refractivity contribution in [2.45, 2.75) is 19.9 Å². The van der Waals surface area contributed by atoms with Gasteiger partial charge in [-0.3, -0.25) is 9.89 Å². The van der Waals surface area contributed by atoms with Gasteiger partial charge in [0.2, 0.25) is 0 Å². The SMILES string of the molecule is Cc1cccc(NC(N)=NCC(C)N2CCN(C)CC2)c1. The van der Waals surface area contributed by atoms with Crippen LogP contribution < -0.4 is 11.1 Å². The van der Waals surface area contributed by atoms with Crippen LogP contribution >= 0.6 is 0 Å². The number of nitrogens with one attached hydrogen (secondary N) is 1. The summed E-state index contributed by atoms with van der Waals surface area (Å²) in [5.41, 5.74) is 8.16. The molecule has 1 unspecified atom stereocenters. The maximum Gasteiger partial charge on any atom is 0.193 e. The van der Waals surface area contributed by atoms with E-state index in [1.54, 1.807) is 0 Å². The Bertz CT molecular complexity index is 477. The van der Waals surface area contributed by atoms with E-state index < -0.39 is 0 Å². The van der Waals surface area contributed by atoms with E-state index in [2.05, 4.69) is 53.1 Å². The molecule has 1 saturated heterocycles. The molecule has 116 valence electrons. The van der Waals surface area contributed by atoms with Gasteiger partial charge in [0.15, 0.2) is 5.96 Å². The summed E-state index contributed by atoms with van der Waals surface area (Å²) in [5.74, 6) is 0.488. The van der Waals surface area contributed by atoms with Gasteiger partial charge >= 0.3 is 0 Å². The number of benzene rings is 1. The minimum absolute atomic E-state index is 0.427. The predicted molar refractivity (Wildman–Crippen MR) is 89.8 cm³/mol. The van der Waals surface area contributed by atoms with E-state index in [9.17, 15) is 0 Å². The summed E-state index contributed by atoms with van der Waals surface area (Å²) in [4.78, 5) is 9.31. The Labute approximate surface area is 127 Å². The first-order valence-corrected chi connectivity index (χ1v) is 7.61. The molecule has 0 radical (unpaired) electrons. The van der Waals surface area contributed by atoms with Crippen molar-refractivity contribution >= 4 is 11.6 Å². The van der Waals surface area contributed by atoms with E-state index >= 15 is 0 Å². The highest BCUT2D eigenvalue weighted by Crippen LogP contribution is 2.09. The van der Waals surface area contributed by atoms with Gasteiger partial charge in [-0.2, -0.15) is 0 Å². The second-order valence-corrected chi connectivity index (χ2v) is 5.91. The number of guanidine groups is 1. The summed E-state index contributed by atoms with van der Waals surface area (Å²) in [5, 5.41) is 3.15. The van der Waals surface area contributed by atoms with Crippen molar-refractivity contribution in [1.29, 1.82) is 0 Å². The normalized spacial score (nSPS) is 19.5. The van der Waals surface area contributed by atoms with Gasteiger partial charge in [-0.05, 0) is 38.6 Å². The largest absolute Gasteiger partial charge is 0.370 e. The van der Waals surface area contributed by atoms with E-state index in [4.69, 9.17) is 5.73 Å². The van der Waals surface area contributed by atoms with Crippen molar-refractivity contribution in [1.82, 2.24) is 9.80 Å². The van der Waals surface area contributed by atoms with Crippen molar-refractivity contribution in [3.05, 3.63) is 29.8 Å². The lowest BCUT2D eigenvalue weighted by atomic mass is 10.2. The Hall–Kier alpha value is -1.59. The van der Waals surface area contributed by atoms with E-state index in [1.165, 1.54) is 5.56 Å². The lowest BCUT2D eigenvalue weighted by Crippen LogP contribution is -2.49. The molecular formula is C16H27N5. The van der Waals surface area contributed by atoms with Gasteiger partial charge in [-0.15, -0.1) is 0 Å². The molecule has 21 heavy (non-hydrogen) atoms. The molecule has 0 spiro atoms. The fraction of sp³-hybridized carbons (Fsp3) is 0.562. The van der Waals surface area contributed by atoms with Crippen LogP contribution in [0.1, 0.15) is 12.5 Å². The van der Waals surface area contributed by atoms with Gasteiger partial charge in [0.25, 0.3) is 0 Å². The number of aliphatic imine (C=N–C) groups is 1. The van der Waals surface area contributed by atoms with Crippen LogP contribution in [0.15, 0.2) is 29.3 Å². The Kier molecular flexibility index (Phi) is 5.59. The molecule has 0 amide bonds. The van der Waals surface area contributed by atoms with Gasteiger partial charge in [0.1, 0.15) is 0 Å². The highest BCUT2D eigenvalue weighted by Gasteiger charge is 2.18. The molecule has 5 heteroatoms. The molecule has 1 aromatic carbocycles. The van der Waals surface area contributed by atoms with Gasteiger partial charge in [-0.1, -0.05) is 12.1 Å². The molecule has 1 heterocycles. The second kappa shape index (κ2) is 7.43. The molecule has 3 N–H and O–H groups in total. The van der Waals surface area contributed by atoms with Crippen molar-refractivity contribution in [3.63, 3.8) is 0 Å². The topological polar surface area (TPSA) is 56.9 Å². The first-order valence-electron chi connectivity index (χ1n) is 7.61. The standard InChI is InChI=1S/C16H27N5/c1-13-5-4-6-15(11-13)19-16(17)18-12-14(2)21-9-7-20(3)8-10-21/h4-6,11,14H,7-10,12H2,1-3H3,(H3,17,18,19). The molecule has 2 rings (SSSR count). The zero-order chi connectivity index (χ0) is 15.2. The van der Waals surface area contributed by atoms with Crippen molar-refractivity contribution in [2.75, 3.05) is 45.1 Å². The predicted octanol–water partition coefficient (Wildman–Crippen LogP) is 1.36. The number of aryl methyl sites for hydroxylation is 1. The number of anilines is 1. The minimum atomic E-state index is 0.427. The Balaban J connectivity index is 1.82. The maximum absolute atomic E-state index is 5.97. The van der Waals surface area contributed by atoms with Crippen molar-refractivity contribution in [2.24, 2.45) is 10.7 Å². The van der Waals surface area contributed by atoms with Crippen LogP contribution in [0.25, 0.3) is 0 Å². The van der Waals surface area contributed by atoms with Crippen LogP contribution in [0, 0.1) is 6.92 Å². The number of likely N-dealkylation sites (N-methyl/N-ethyl adjacent to an activating group) is 1. The fourth-order valence-electron chi connectivity index (χ4n) is 2.52. The number of nitrogens with zero attached hydrogens (tertiary/aromatic N) is 3. The van der Waals surface area contributed by atoms with Crippen molar-refractivity contribution in [3.8, 4) is 0 Å². The zero-order valence-electron chi connectivity index (χ0n) is 13.3. The van der Waals surface area contributed by atoms with Crippen LogP contribution in [0.2, 0.25) is 0 Å². The molecule has 1 aromatic rings. The van der Waals surface area contributed by atoms with Gasteiger partial charge < -0.3 is 16.0 Å².